The first-order valence-corrected chi connectivity index (χ1v) is 6.90. The number of nitrogens with zero attached hydrogens (tertiary/aromatic N) is 1. The summed E-state index contributed by atoms with van der Waals surface area (Å²) in [5, 5.41) is 3.11. The van der Waals surface area contributed by atoms with Crippen molar-refractivity contribution in [1.29, 1.82) is 0 Å². The van der Waals surface area contributed by atoms with Crippen LogP contribution in [0, 0.1) is 20.8 Å². The Hall–Kier alpha value is -1.87. The van der Waals surface area contributed by atoms with Crippen LogP contribution in [0.3, 0.4) is 0 Å². The van der Waals surface area contributed by atoms with E-state index in [1.165, 1.54) is 22.3 Å². The van der Waals surface area contributed by atoms with Gasteiger partial charge in [-0.2, -0.15) is 0 Å². The molecule has 0 radical (unpaired) electrons. The Bertz CT molecular complexity index is 576. The highest BCUT2D eigenvalue weighted by atomic mass is 16.5. The molecule has 0 spiro atoms. The van der Waals surface area contributed by atoms with Gasteiger partial charge in [0.05, 0.1) is 5.69 Å². The van der Waals surface area contributed by atoms with Gasteiger partial charge in [0.2, 0.25) is 0 Å². The molecule has 0 unspecified atom stereocenters. The molecule has 0 fully saturated rings. The molecule has 0 saturated carbocycles. The molecular formula is C17H22N2O. The van der Waals surface area contributed by atoms with E-state index >= 15 is 0 Å². The van der Waals surface area contributed by atoms with E-state index in [-0.39, 0.29) is 0 Å². The quantitative estimate of drug-likeness (QED) is 0.905. The lowest BCUT2D eigenvalue weighted by molar-refractivity contribution is 0.297. The third-order valence-corrected chi connectivity index (χ3v) is 3.50. The number of aromatic nitrogens is 1. The van der Waals surface area contributed by atoms with E-state index in [0.29, 0.717) is 6.61 Å². The number of benzene rings is 1. The normalized spacial score (nSPS) is 10.6. The van der Waals surface area contributed by atoms with Crippen molar-refractivity contribution < 1.29 is 4.74 Å². The first-order valence-electron chi connectivity index (χ1n) is 6.90. The van der Waals surface area contributed by atoms with Crippen LogP contribution in [-0.4, -0.2) is 12.0 Å². The summed E-state index contributed by atoms with van der Waals surface area (Å²) >= 11 is 0. The summed E-state index contributed by atoms with van der Waals surface area (Å²) in [5.74, 6) is 0.978. The molecule has 1 aromatic carbocycles. The van der Waals surface area contributed by atoms with Gasteiger partial charge in [0.25, 0.3) is 0 Å². The number of ether oxygens (including phenoxy) is 1. The van der Waals surface area contributed by atoms with Crippen LogP contribution in [-0.2, 0) is 13.2 Å². The molecule has 0 atom stereocenters. The number of hydrogen-bond acceptors (Lipinski definition) is 3. The second kappa shape index (κ2) is 6.53. The summed E-state index contributed by atoms with van der Waals surface area (Å²) in [4.78, 5) is 4.43. The molecule has 0 aliphatic heterocycles. The fourth-order valence-electron chi connectivity index (χ4n) is 2.14. The van der Waals surface area contributed by atoms with E-state index in [0.717, 1.165) is 18.0 Å². The highest BCUT2D eigenvalue weighted by molar-refractivity contribution is 5.44. The van der Waals surface area contributed by atoms with Gasteiger partial charge in [0.1, 0.15) is 12.4 Å². The van der Waals surface area contributed by atoms with Crippen LogP contribution in [0.5, 0.6) is 5.75 Å². The molecule has 3 heteroatoms. The highest BCUT2D eigenvalue weighted by Gasteiger charge is 2.07. The maximum atomic E-state index is 5.96. The predicted molar refractivity (Wildman–Crippen MR) is 82.0 cm³/mol. The first kappa shape index (κ1) is 14.5. The molecule has 0 amide bonds. The van der Waals surface area contributed by atoms with E-state index < -0.39 is 0 Å². The zero-order valence-electron chi connectivity index (χ0n) is 12.7. The van der Waals surface area contributed by atoms with Crippen LogP contribution in [0.2, 0.25) is 0 Å². The minimum Gasteiger partial charge on any atom is -0.487 e. The van der Waals surface area contributed by atoms with Crippen molar-refractivity contribution in [3.63, 3.8) is 0 Å². The van der Waals surface area contributed by atoms with Crippen molar-refractivity contribution in [3.8, 4) is 5.75 Å². The van der Waals surface area contributed by atoms with Crippen LogP contribution in [0.1, 0.15) is 27.9 Å². The maximum absolute atomic E-state index is 5.96. The maximum Gasteiger partial charge on any atom is 0.130 e. The van der Waals surface area contributed by atoms with E-state index in [1.807, 2.05) is 19.3 Å². The lowest BCUT2D eigenvalue weighted by Gasteiger charge is -2.13. The monoisotopic (exact) mass is 270 g/mol. The van der Waals surface area contributed by atoms with Gasteiger partial charge in [-0.05, 0) is 56.1 Å². The molecule has 3 nitrogen and oxygen atoms in total. The summed E-state index contributed by atoms with van der Waals surface area (Å²) < 4.78 is 5.96. The van der Waals surface area contributed by atoms with Gasteiger partial charge in [-0.1, -0.05) is 18.2 Å². The molecule has 106 valence electrons. The SMILES string of the molecule is CNCc1ccc(COc2c(C)ccc(C)c2C)nc1. The molecular weight excluding hydrogens is 248 g/mol. The standard InChI is InChI=1S/C17H22N2O/c1-12-5-6-13(2)17(14(12)3)20-11-16-8-7-15(9-18-4)10-19-16/h5-8,10,18H,9,11H2,1-4H3. The van der Waals surface area contributed by atoms with Crippen molar-refractivity contribution >= 4 is 0 Å². The molecule has 1 N–H and O–H groups in total. The average molecular weight is 270 g/mol. The number of nitrogens with one attached hydrogen (secondary N) is 1. The number of hydrogen-bond donors (Lipinski definition) is 1. The second-order valence-electron chi connectivity index (χ2n) is 5.13. The predicted octanol–water partition coefficient (Wildman–Crippen LogP) is 3.31. The lowest BCUT2D eigenvalue weighted by Crippen LogP contribution is -2.06. The summed E-state index contributed by atoms with van der Waals surface area (Å²) in [5.41, 5.74) is 5.75. The molecule has 0 aliphatic rings. The van der Waals surface area contributed by atoms with Crippen LogP contribution in [0.25, 0.3) is 0 Å². The van der Waals surface area contributed by atoms with Gasteiger partial charge >= 0.3 is 0 Å². The van der Waals surface area contributed by atoms with Crippen molar-refractivity contribution in [2.75, 3.05) is 7.05 Å². The average Bonchev–Trinajstić information content (AvgIpc) is 2.45. The zero-order chi connectivity index (χ0) is 14.5. The minimum atomic E-state index is 0.505. The number of aryl methyl sites for hydroxylation is 2. The Kier molecular flexibility index (Phi) is 4.74. The molecule has 20 heavy (non-hydrogen) atoms. The van der Waals surface area contributed by atoms with Gasteiger partial charge < -0.3 is 10.1 Å². The van der Waals surface area contributed by atoms with Crippen LogP contribution in [0.4, 0.5) is 0 Å². The van der Waals surface area contributed by atoms with Crippen LogP contribution in [0.15, 0.2) is 30.5 Å². The smallest absolute Gasteiger partial charge is 0.130 e. The number of rotatable bonds is 5. The summed E-state index contributed by atoms with van der Waals surface area (Å²) in [6, 6.07) is 8.33. The Morgan fingerprint density at radius 3 is 2.45 bits per heavy atom. The molecule has 0 bridgehead atoms. The Balaban J connectivity index is 2.07. The fourth-order valence-corrected chi connectivity index (χ4v) is 2.14. The third-order valence-electron chi connectivity index (χ3n) is 3.50. The summed E-state index contributed by atoms with van der Waals surface area (Å²) in [7, 11) is 1.93. The Morgan fingerprint density at radius 2 is 1.80 bits per heavy atom. The van der Waals surface area contributed by atoms with Gasteiger partial charge in [0, 0.05) is 12.7 Å². The van der Waals surface area contributed by atoms with Crippen molar-refractivity contribution in [3.05, 3.63) is 58.4 Å². The van der Waals surface area contributed by atoms with Crippen molar-refractivity contribution in [2.45, 2.75) is 33.9 Å². The van der Waals surface area contributed by atoms with Gasteiger partial charge in [-0.15, -0.1) is 0 Å². The van der Waals surface area contributed by atoms with E-state index in [1.54, 1.807) is 0 Å². The van der Waals surface area contributed by atoms with E-state index in [4.69, 9.17) is 4.74 Å². The molecule has 1 aromatic heterocycles. The topological polar surface area (TPSA) is 34.1 Å². The fraction of sp³-hybridized carbons (Fsp3) is 0.353. The molecule has 2 aromatic rings. The largest absolute Gasteiger partial charge is 0.487 e. The lowest BCUT2D eigenvalue weighted by atomic mass is 10.1. The highest BCUT2D eigenvalue weighted by Crippen LogP contribution is 2.26. The van der Waals surface area contributed by atoms with Gasteiger partial charge in [-0.25, -0.2) is 0 Å². The van der Waals surface area contributed by atoms with Gasteiger partial charge in [0.15, 0.2) is 0 Å². The van der Waals surface area contributed by atoms with E-state index in [2.05, 4.69) is 49.3 Å². The van der Waals surface area contributed by atoms with Crippen LogP contribution < -0.4 is 10.1 Å². The van der Waals surface area contributed by atoms with Gasteiger partial charge in [-0.3, -0.25) is 4.98 Å². The second-order valence-corrected chi connectivity index (χ2v) is 5.13. The molecule has 0 saturated heterocycles. The number of pyridine rings is 1. The van der Waals surface area contributed by atoms with Crippen molar-refractivity contribution in [2.24, 2.45) is 0 Å². The Labute approximate surface area is 121 Å². The first-order chi connectivity index (χ1) is 9.61. The Morgan fingerprint density at radius 1 is 1.05 bits per heavy atom. The molecule has 2 rings (SSSR count). The summed E-state index contributed by atoms with van der Waals surface area (Å²) in [6.07, 6.45) is 1.89. The van der Waals surface area contributed by atoms with Crippen LogP contribution >= 0.6 is 0 Å². The molecule has 0 aliphatic carbocycles. The van der Waals surface area contributed by atoms with Crippen molar-refractivity contribution in [1.82, 2.24) is 10.3 Å². The van der Waals surface area contributed by atoms with E-state index in [9.17, 15) is 0 Å². The third kappa shape index (κ3) is 3.36. The summed E-state index contributed by atoms with van der Waals surface area (Å²) in [6.45, 7) is 7.62. The minimum absolute atomic E-state index is 0.505. The zero-order valence-corrected chi connectivity index (χ0v) is 12.7. The molecule has 1 heterocycles.